The highest BCUT2D eigenvalue weighted by atomic mass is 35.5. The Morgan fingerprint density at radius 1 is 1.19 bits per heavy atom. The molecule has 1 amide bonds. The van der Waals surface area contributed by atoms with Crippen LogP contribution in [0.2, 0.25) is 5.02 Å². The number of nitrogens with one attached hydrogen (secondary N) is 1. The van der Waals surface area contributed by atoms with Gasteiger partial charge >= 0.3 is 6.18 Å². The zero-order valence-corrected chi connectivity index (χ0v) is 21.4. The summed E-state index contributed by atoms with van der Waals surface area (Å²) in [4.78, 5) is 32.6. The van der Waals surface area contributed by atoms with Gasteiger partial charge in [-0.1, -0.05) is 41.6 Å². The number of fused-ring (bicyclic) bond motifs is 3. The molecule has 5 rings (SSSR count). The molecule has 0 aliphatic heterocycles. The van der Waals surface area contributed by atoms with Gasteiger partial charge in [0.2, 0.25) is 0 Å². The van der Waals surface area contributed by atoms with Crippen LogP contribution >= 0.6 is 34.7 Å². The predicted molar refractivity (Wildman–Crippen MR) is 140 cm³/mol. The van der Waals surface area contributed by atoms with Crippen molar-refractivity contribution in [3.05, 3.63) is 85.5 Å². The van der Waals surface area contributed by atoms with Gasteiger partial charge in [-0.3, -0.25) is 14.2 Å². The van der Waals surface area contributed by atoms with E-state index in [1.807, 2.05) is 0 Å². The van der Waals surface area contributed by atoms with E-state index in [2.05, 4.69) is 10.5 Å². The van der Waals surface area contributed by atoms with Crippen molar-refractivity contribution >= 4 is 57.0 Å². The maximum Gasteiger partial charge on any atom is 0.417 e. The van der Waals surface area contributed by atoms with E-state index < -0.39 is 17.6 Å². The molecule has 0 unspecified atom stereocenters. The number of thioether (sulfide) groups is 1. The van der Waals surface area contributed by atoms with Gasteiger partial charge in [-0.2, -0.15) is 18.3 Å². The first-order valence-corrected chi connectivity index (χ1v) is 13.3. The van der Waals surface area contributed by atoms with Crippen LogP contribution in [0.4, 0.5) is 13.2 Å². The third kappa shape index (κ3) is 5.29. The van der Waals surface area contributed by atoms with E-state index in [-0.39, 0.29) is 16.9 Å². The van der Waals surface area contributed by atoms with Crippen molar-refractivity contribution in [2.24, 2.45) is 5.10 Å². The second kappa shape index (κ2) is 10.3. The number of nitrogens with zero attached hydrogens (tertiary/aromatic N) is 3. The number of hydrogen-bond donors (Lipinski definition) is 1. The standard InChI is InChI=1S/C25H18ClF3N4O2S2/c26-15-8-10-16(11-9-15)33-23(35)21-17-5-3-7-19(17)37-22(21)31-24(33)36-13-20(34)32-30-12-14-4-1-2-6-18(14)25(27,28)29/h1-2,4,6,8-12H,3,5,7,13H2,(H,32,34). The van der Waals surface area contributed by atoms with Gasteiger partial charge in [-0.05, 0) is 55.2 Å². The van der Waals surface area contributed by atoms with Gasteiger partial charge in [0.15, 0.2) is 5.16 Å². The Bertz CT molecular complexity index is 1580. The Morgan fingerprint density at radius 3 is 2.70 bits per heavy atom. The van der Waals surface area contributed by atoms with Crippen molar-refractivity contribution in [3.63, 3.8) is 0 Å². The van der Waals surface area contributed by atoms with Gasteiger partial charge in [0.25, 0.3) is 11.5 Å². The van der Waals surface area contributed by atoms with Crippen molar-refractivity contribution in [3.8, 4) is 5.69 Å². The molecule has 0 saturated carbocycles. The number of thiophene rings is 1. The van der Waals surface area contributed by atoms with Crippen LogP contribution in [0, 0.1) is 0 Å². The Hall–Kier alpha value is -3.15. The second-order valence-electron chi connectivity index (χ2n) is 8.22. The van der Waals surface area contributed by atoms with Crippen molar-refractivity contribution in [1.29, 1.82) is 0 Å². The van der Waals surface area contributed by atoms with Crippen LogP contribution in [0.5, 0.6) is 0 Å². The third-order valence-electron chi connectivity index (χ3n) is 5.78. The summed E-state index contributed by atoms with van der Waals surface area (Å²) in [7, 11) is 0. The topological polar surface area (TPSA) is 76.3 Å². The second-order valence-corrected chi connectivity index (χ2v) is 10.7. The number of hydrogen-bond acceptors (Lipinski definition) is 6. The number of hydrazone groups is 1. The Balaban J connectivity index is 1.39. The number of aromatic nitrogens is 2. The summed E-state index contributed by atoms with van der Waals surface area (Å²) in [6.07, 6.45) is -0.844. The summed E-state index contributed by atoms with van der Waals surface area (Å²) in [5.41, 5.74) is 2.62. The fourth-order valence-electron chi connectivity index (χ4n) is 4.14. The van der Waals surface area contributed by atoms with E-state index in [4.69, 9.17) is 16.6 Å². The zero-order chi connectivity index (χ0) is 26.2. The highest BCUT2D eigenvalue weighted by molar-refractivity contribution is 7.99. The molecule has 0 bridgehead atoms. The summed E-state index contributed by atoms with van der Waals surface area (Å²) in [5.74, 6) is -0.717. The zero-order valence-electron chi connectivity index (χ0n) is 19.0. The molecule has 0 atom stereocenters. The van der Waals surface area contributed by atoms with Gasteiger partial charge in [0.05, 0.1) is 28.6 Å². The molecule has 6 nitrogen and oxygen atoms in total. The molecule has 37 heavy (non-hydrogen) atoms. The summed E-state index contributed by atoms with van der Waals surface area (Å²) < 4.78 is 40.9. The largest absolute Gasteiger partial charge is 0.417 e. The molecule has 2 aromatic heterocycles. The van der Waals surface area contributed by atoms with E-state index in [1.165, 1.54) is 34.1 Å². The summed E-state index contributed by atoms with van der Waals surface area (Å²) in [5, 5.41) is 5.12. The van der Waals surface area contributed by atoms with E-state index in [0.29, 0.717) is 26.1 Å². The lowest BCUT2D eigenvalue weighted by atomic mass is 10.1. The van der Waals surface area contributed by atoms with Crippen LogP contribution in [-0.4, -0.2) is 27.4 Å². The van der Waals surface area contributed by atoms with E-state index >= 15 is 0 Å². The monoisotopic (exact) mass is 562 g/mol. The molecule has 0 radical (unpaired) electrons. The SMILES string of the molecule is O=C(CSc1nc2sc3c(c2c(=O)n1-c1ccc(Cl)cc1)CCC3)NN=Cc1ccccc1C(F)(F)F. The highest BCUT2D eigenvalue weighted by Crippen LogP contribution is 2.36. The average Bonchev–Trinajstić information content (AvgIpc) is 3.44. The highest BCUT2D eigenvalue weighted by Gasteiger charge is 2.32. The van der Waals surface area contributed by atoms with Gasteiger partial charge in [-0.25, -0.2) is 10.4 Å². The lowest BCUT2D eigenvalue weighted by Crippen LogP contribution is -2.24. The first-order valence-electron chi connectivity index (χ1n) is 11.2. The van der Waals surface area contributed by atoms with Gasteiger partial charge in [0, 0.05) is 15.5 Å². The number of carbonyl (C=O) groups excluding carboxylic acids is 1. The molecular formula is C25H18ClF3N4O2S2. The molecule has 1 aliphatic rings. The average molecular weight is 563 g/mol. The molecule has 0 spiro atoms. The number of benzene rings is 2. The lowest BCUT2D eigenvalue weighted by molar-refractivity contribution is -0.137. The minimum atomic E-state index is -4.54. The number of alkyl halides is 3. The van der Waals surface area contributed by atoms with Crippen LogP contribution in [0.3, 0.4) is 0 Å². The van der Waals surface area contributed by atoms with Crippen LogP contribution in [0.15, 0.2) is 63.6 Å². The summed E-state index contributed by atoms with van der Waals surface area (Å²) in [6.45, 7) is 0. The number of halogens is 4. The van der Waals surface area contributed by atoms with E-state index in [9.17, 15) is 22.8 Å². The molecule has 2 heterocycles. The Morgan fingerprint density at radius 2 is 1.95 bits per heavy atom. The molecule has 4 aromatic rings. The van der Waals surface area contributed by atoms with Gasteiger partial charge in [0.1, 0.15) is 4.83 Å². The van der Waals surface area contributed by atoms with Crippen molar-refractivity contribution in [2.75, 3.05) is 5.75 Å². The number of rotatable bonds is 6. The van der Waals surface area contributed by atoms with Crippen LogP contribution in [0.25, 0.3) is 15.9 Å². The van der Waals surface area contributed by atoms with Gasteiger partial charge in [-0.15, -0.1) is 11.3 Å². The van der Waals surface area contributed by atoms with Crippen LogP contribution in [-0.2, 0) is 23.8 Å². The quantitative estimate of drug-likeness (QED) is 0.138. The van der Waals surface area contributed by atoms with Crippen molar-refractivity contribution in [2.45, 2.75) is 30.6 Å². The first kappa shape index (κ1) is 25.5. The first-order chi connectivity index (χ1) is 17.7. The summed E-state index contributed by atoms with van der Waals surface area (Å²) >= 11 is 8.56. The molecule has 190 valence electrons. The van der Waals surface area contributed by atoms with E-state index in [1.54, 1.807) is 24.3 Å². The smallest absolute Gasteiger partial charge is 0.272 e. The molecule has 1 aliphatic carbocycles. The maximum absolute atomic E-state index is 13.6. The van der Waals surface area contributed by atoms with E-state index in [0.717, 1.165) is 53.7 Å². The van der Waals surface area contributed by atoms with Crippen molar-refractivity contribution in [1.82, 2.24) is 15.0 Å². The van der Waals surface area contributed by atoms with Crippen LogP contribution < -0.4 is 11.0 Å². The maximum atomic E-state index is 13.6. The fraction of sp³-hybridized carbons (Fsp3) is 0.200. The Labute approximate surface area is 222 Å². The molecule has 0 saturated heterocycles. The minimum absolute atomic E-state index is 0.158. The number of amides is 1. The molecule has 12 heteroatoms. The van der Waals surface area contributed by atoms with Crippen LogP contribution in [0.1, 0.15) is 28.0 Å². The molecule has 2 aromatic carbocycles. The predicted octanol–water partition coefficient (Wildman–Crippen LogP) is 5.85. The number of carbonyl (C=O) groups is 1. The van der Waals surface area contributed by atoms with Gasteiger partial charge < -0.3 is 0 Å². The molecule has 1 N–H and O–H groups in total. The molecular weight excluding hydrogens is 545 g/mol. The fourth-order valence-corrected chi connectivity index (χ4v) is 6.38. The summed E-state index contributed by atoms with van der Waals surface area (Å²) in [6, 6.07) is 11.7. The molecule has 0 fully saturated rings. The number of aryl methyl sites for hydroxylation is 2. The minimum Gasteiger partial charge on any atom is -0.272 e. The third-order valence-corrected chi connectivity index (χ3v) is 8.16. The lowest BCUT2D eigenvalue weighted by Gasteiger charge is -2.12. The van der Waals surface area contributed by atoms with Crippen molar-refractivity contribution < 1.29 is 18.0 Å². The Kier molecular flexibility index (Phi) is 7.11. The normalized spacial score (nSPS) is 13.4.